The number of rotatable bonds is 7. The Morgan fingerprint density at radius 3 is 2.57 bits per heavy atom. The highest BCUT2D eigenvalue weighted by Gasteiger charge is 2.26. The molecule has 1 aliphatic heterocycles. The first-order valence-electron chi connectivity index (χ1n) is 7.31. The van der Waals surface area contributed by atoms with Gasteiger partial charge in [-0.3, -0.25) is 4.90 Å². The standard InChI is InChI=1S/C14H24N2O4S/c1-13(2)19-10-11-21(17,18)16-7-5-15(6-8-16)12-14-4-3-9-20-14/h3-4,9,13H,5-8,10-12H2,1-2H3. The fourth-order valence-electron chi connectivity index (χ4n) is 2.31. The lowest BCUT2D eigenvalue weighted by molar-refractivity contribution is 0.0901. The summed E-state index contributed by atoms with van der Waals surface area (Å²) in [5, 5.41) is 0. The average molecular weight is 316 g/mol. The molecule has 0 aromatic carbocycles. The Kier molecular flexibility index (Phi) is 5.80. The van der Waals surface area contributed by atoms with Crippen LogP contribution in [0.25, 0.3) is 0 Å². The molecule has 2 rings (SSSR count). The molecule has 0 atom stereocenters. The molecule has 0 aliphatic carbocycles. The quantitative estimate of drug-likeness (QED) is 0.755. The van der Waals surface area contributed by atoms with Crippen LogP contribution in [0.1, 0.15) is 19.6 Å². The van der Waals surface area contributed by atoms with Crippen LogP contribution >= 0.6 is 0 Å². The van der Waals surface area contributed by atoms with Gasteiger partial charge in [0, 0.05) is 26.2 Å². The van der Waals surface area contributed by atoms with Gasteiger partial charge in [-0.05, 0) is 26.0 Å². The van der Waals surface area contributed by atoms with Crippen LogP contribution in [-0.2, 0) is 21.3 Å². The van der Waals surface area contributed by atoms with Crippen LogP contribution in [-0.4, -0.2) is 62.3 Å². The molecule has 0 radical (unpaired) electrons. The SMILES string of the molecule is CC(C)OCCS(=O)(=O)N1CCN(Cc2ccco2)CC1. The van der Waals surface area contributed by atoms with Crippen molar-refractivity contribution < 1.29 is 17.6 Å². The molecule has 1 fully saturated rings. The number of nitrogens with zero attached hydrogens (tertiary/aromatic N) is 2. The van der Waals surface area contributed by atoms with E-state index in [4.69, 9.17) is 9.15 Å². The van der Waals surface area contributed by atoms with Gasteiger partial charge in [0.2, 0.25) is 10.0 Å². The lowest BCUT2D eigenvalue weighted by Crippen LogP contribution is -2.49. The second-order valence-corrected chi connectivity index (χ2v) is 7.58. The number of hydrogen-bond donors (Lipinski definition) is 0. The van der Waals surface area contributed by atoms with Crippen LogP contribution in [0.5, 0.6) is 0 Å². The van der Waals surface area contributed by atoms with Crippen LogP contribution in [0.3, 0.4) is 0 Å². The summed E-state index contributed by atoms with van der Waals surface area (Å²) in [6.45, 7) is 7.31. The van der Waals surface area contributed by atoms with Gasteiger partial charge in [-0.2, -0.15) is 4.31 Å². The van der Waals surface area contributed by atoms with Gasteiger partial charge in [0.05, 0.1) is 31.3 Å². The fraction of sp³-hybridized carbons (Fsp3) is 0.714. The molecule has 0 saturated carbocycles. The smallest absolute Gasteiger partial charge is 0.216 e. The summed E-state index contributed by atoms with van der Waals surface area (Å²) in [6.07, 6.45) is 1.72. The van der Waals surface area contributed by atoms with Crippen LogP contribution in [0, 0.1) is 0 Å². The van der Waals surface area contributed by atoms with Crippen molar-refractivity contribution in [2.24, 2.45) is 0 Å². The van der Waals surface area contributed by atoms with Crippen molar-refractivity contribution in [2.45, 2.75) is 26.5 Å². The number of hydrogen-bond acceptors (Lipinski definition) is 5. The van der Waals surface area contributed by atoms with Crippen LogP contribution < -0.4 is 0 Å². The average Bonchev–Trinajstić information content (AvgIpc) is 2.91. The largest absolute Gasteiger partial charge is 0.468 e. The Balaban J connectivity index is 1.77. The van der Waals surface area contributed by atoms with E-state index in [0.29, 0.717) is 13.1 Å². The summed E-state index contributed by atoms with van der Waals surface area (Å²) in [6, 6.07) is 3.80. The highest BCUT2D eigenvalue weighted by Crippen LogP contribution is 2.12. The van der Waals surface area contributed by atoms with Crippen LogP contribution in [0.15, 0.2) is 22.8 Å². The topological polar surface area (TPSA) is 63.0 Å². The predicted octanol–water partition coefficient (Wildman–Crippen LogP) is 1.15. The predicted molar refractivity (Wildman–Crippen MR) is 80.4 cm³/mol. The van der Waals surface area contributed by atoms with Crippen molar-refractivity contribution in [3.05, 3.63) is 24.2 Å². The number of ether oxygens (including phenoxy) is 1. The van der Waals surface area contributed by atoms with Gasteiger partial charge in [0.1, 0.15) is 5.76 Å². The summed E-state index contributed by atoms with van der Waals surface area (Å²) in [4.78, 5) is 2.20. The summed E-state index contributed by atoms with van der Waals surface area (Å²) >= 11 is 0. The third-order valence-corrected chi connectivity index (χ3v) is 5.31. The van der Waals surface area contributed by atoms with E-state index in [1.54, 1.807) is 10.6 Å². The Hall–Kier alpha value is -0.890. The third-order valence-electron chi connectivity index (χ3n) is 3.48. The molecule has 0 amide bonds. The zero-order chi connectivity index (χ0) is 15.3. The maximum Gasteiger partial charge on any atom is 0.216 e. The van der Waals surface area contributed by atoms with E-state index in [1.807, 2.05) is 26.0 Å². The Labute approximate surface area is 126 Å². The van der Waals surface area contributed by atoms with E-state index in [2.05, 4.69) is 4.90 Å². The lowest BCUT2D eigenvalue weighted by atomic mass is 10.3. The van der Waals surface area contributed by atoms with E-state index in [-0.39, 0.29) is 18.5 Å². The van der Waals surface area contributed by atoms with Gasteiger partial charge in [-0.1, -0.05) is 0 Å². The van der Waals surface area contributed by atoms with Gasteiger partial charge in [-0.15, -0.1) is 0 Å². The molecule has 1 saturated heterocycles. The summed E-state index contributed by atoms with van der Waals surface area (Å²) in [5.74, 6) is 0.972. The van der Waals surface area contributed by atoms with Gasteiger partial charge in [-0.25, -0.2) is 8.42 Å². The minimum atomic E-state index is -3.21. The van der Waals surface area contributed by atoms with Gasteiger partial charge in [0.15, 0.2) is 0 Å². The molecule has 6 nitrogen and oxygen atoms in total. The van der Waals surface area contributed by atoms with Gasteiger partial charge >= 0.3 is 0 Å². The van der Waals surface area contributed by atoms with Crippen molar-refractivity contribution in [1.29, 1.82) is 0 Å². The second-order valence-electron chi connectivity index (χ2n) is 5.49. The molecule has 0 unspecified atom stereocenters. The van der Waals surface area contributed by atoms with Gasteiger partial charge in [0.25, 0.3) is 0 Å². The summed E-state index contributed by atoms with van der Waals surface area (Å²) < 4.78 is 36.6. The molecule has 1 aromatic heterocycles. The Morgan fingerprint density at radius 2 is 2.00 bits per heavy atom. The molecule has 120 valence electrons. The van der Waals surface area contributed by atoms with Gasteiger partial charge < -0.3 is 9.15 Å². The normalized spacial score (nSPS) is 18.4. The van der Waals surface area contributed by atoms with Crippen molar-refractivity contribution in [2.75, 3.05) is 38.5 Å². The Morgan fingerprint density at radius 1 is 1.29 bits per heavy atom. The number of sulfonamides is 1. The fourth-order valence-corrected chi connectivity index (χ4v) is 3.59. The van der Waals surface area contributed by atoms with Crippen molar-refractivity contribution in [3.63, 3.8) is 0 Å². The molecule has 0 N–H and O–H groups in total. The molecular weight excluding hydrogens is 292 g/mol. The van der Waals surface area contributed by atoms with E-state index in [0.717, 1.165) is 25.4 Å². The van der Waals surface area contributed by atoms with Crippen molar-refractivity contribution in [1.82, 2.24) is 9.21 Å². The first-order chi connectivity index (χ1) is 9.97. The molecule has 7 heteroatoms. The molecule has 1 aromatic rings. The maximum atomic E-state index is 12.2. The molecular formula is C14H24N2O4S. The monoisotopic (exact) mass is 316 g/mol. The van der Waals surface area contributed by atoms with E-state index in [9.17, 15) is 8.42 Å². The van der Waals surface area contributed by atoms with Crippen LogP contribution in [0.2, 0.25) is 0 Å². The minimum absolute atomic E-state index is 0.0589. The second kappa shape index (κ2) is 7.40. The Bertz CT molecular complexity index is 505. The first-order valence-corrected chi connectivity index (χ1v) is 8.92. The summed E-state index contributed by atoms with van der Waals surface area (Å²) in [5.41, 5.74) is 0. The highest BCUT2D eigenvalue weighted by molar-refractivity contribution is 7.89. The number of furan rings is 1. The molecule has 1 aliphatic rings. The third kappa shape index (κ3) is 5.10. The van der Waals surface area contributed by atoms with E-state index >= 15 is 0 Å². The summed E-state index contributed by atoms with van der Waals surface area (Å²) in [7, 11) is -3.21. The molecule has 0 bridgehead atoms. The van der Waals surface area contributed by atoms with E-state index < -0.39 is 10.0 Å². The van der Waals surface area contributed by atoms with Crippen molar-refractivity contribution >= 4 is 10.0 Å². The number of piperazine rings is 1. The van der Waals surface area contributed by atoms with Crippen molar-refractivity contribution in [3.8, 4) is 0 Å². The highest BCUT2D eigenvalue weighted by atomic mass is 32.2. The van der Waals surface area contributed by atoms with E-state index in [1.165, 1.54) is 0 Å². The molecule has 2 heterocycles. The lowest BCUT2D eigenvalue weighted by Gasteiger charge is -2.33. The van der Waals surface area contributed by atoms with Crippen LogP contribution in [0.4, 0.5) is 0 Å². The molecule has 21 heavy (non-hydrogen) atoms. The zero-order valence-electron chi connectivity index (χ0n) is 12.7. The molecule has 0 spiro atoms. The minimum Gasteiger partial charge on any atom is -0.468 e. The zero-order valence-corrected chi connectivity index (χ0v) is 13.5. The first kappa shape index (κ1) is 16.5. The maximum absolute atomic E-state index is 12.2.